The van der Waals surface area contributed by atoms with Gasteiger partial charge in [0.2, 0.25) is 5.75 Å². The van der Waals surface area contributed by atoms with Crippen LogP contribution in [0.5, 0.6) is 17.2 Å². The average Bonchev–Trinajstić information content (AvgIpc) is 2.65. The molecule has 0 aliphatic heterocycles. The second-order valence-electron chi connectivity index (χ2n) is 5.53. The molecule has 7 nitrogen and oxygen atoms in total. The Morgan fingerprint density at radius 3 is 1.96 bits per heavy atom. The first-order valence-electron chi connectivity index (χ1n) is 7.76. The fourth-order valence-corrected chi connectivity index (χ4v) is 3.23. The fraction of sp³-hybridized carbons (Fsp3) is 0.333. The van der Waals surface area contributed by atoms with Gasteiger partial charge in [0.25, 0.3) is 10.1 Å². The Bertz CT molecular complexity index is 819. The smallest absolute Gasteiger partial charge is 0.297 e. The zero-order valence-electron chi connectivity index (χ0n) is 15.1. The summed E-state index contributed by atoms with van der Waals surface area (Å²) in [4.78, 5) is 0.0280. The van der Waals surface area contributed by atoms with Crippen LogP contribution < -0.4 is 14.2 Å². The third kappa shape index (κ3) is 4.46. The van der Waals surface area contributed by atoms with Gasteiger partial charge in [0.1, 0.15) is 6.10 Å². The lowest BCUT2D eigenvalue weighted by Gasteiger charge is -2.17. The quantitative estimate of drug-likeness (QED) is 0.701. The molecule has 0 fully saturated rings. The van der Waals surface area contributed by atoms with E-state index in [9.17, 15) is 13.5 Å². The van der Waals surface area contributed by atoms with Gasteiger partial charge in [-0.25, -0.2) is 0 Å². The topological polar surface area (TPSA) is 91.3 Å². The van der Waals surface area contributed by atoms with Gasteiger partial charge >= 0.3 is 0 Å². The third-order valence-corrected chi connectivity index (χ3v) is 5.06. The Morgan fingerprint density at radius 2 is 1.50 bits per heavy atom. The van der Waals surface area contributed by atoms with Crippen LogP contribution in [0.1, 0.15) is 17.2 Å². The molecule has 1 atom stereocenters. The summed E-state index contributed by atoms with van der Waals surface area (Å²) in [6.45, 7) is 1.40. The van der Waals surface area contributed by atoms with E-state index < -0.39 is 22.8 Å². The molecule has 1 N–H and O–H groups in total. The zero-order valence-corrected chi connectivity index (χ0v) is 15.9. The summed E-state index contributed by atoms with van der Waals surface area (Å²) in [7, 11) is 0.395. The van der Waals surface area contributed by atoms with Crippen LogP contribution in [0.4, 0.5) is 0 Å². The molecule has 0 saturated carbocycles. The first-order chi connectivity index (χ1) is 12.3. The van der Waals surface area contributed by atoms with Gasteiger partial charge in [-0.1, -0.05) is 17.7 Å². The van der Waals surface area contributed by atoms with Gasteiger partial charge in [0, 0.05) is 0 Å². The number of benzene rings is 2. The summed E-state index contributed by atoms with van der Waals surface area (Å²) in [5.74, 6) is 1.07. The van der Waals surface area contributed by atoms with Gasteiger partial charge in [-0.2, -0.15) is 8.42 Å². The molecule has 0 bridgehead atoms. The molecule has 0 aliphatic carbocycles. The average molecular weight is 382 g/mol. The number of rotatable bonds is 8. The van der Waals surface area contributed by atoms with Crippen LogP contribution in [-0.2, 0) is 14.3 Å². The van der Waals surface area contributed by atoms with Crippen LogP contribution in [0.15, 0.2) is 41.3 Å². The highest BCUT2D eigenvalue weighted by Gasteiger charge is 2.21. The highest BCUT2D eigenvalue weighted by Crippen LogP contribution is 2.39. The second-order valence-corrected chi connectivity index (χ2v) is 7.14. The molecule has 26 heavy (non-hydrogen) atoms. The summed E-state index contributed by atoms with van der Waals surface area (Å²) in [5, 5.41) is 10.3. The molecular weight excluding hydrogens is 360 g/mol. The van der Waals surface area contributed by atoms with Gasteiger partial charge in [-0.05, 0) is 36.8 Å². The van der Waals surface area contributed by atoms with E-state index in [-0.39, 0.29) is 4.90 Å². The van der Waals surface area contributed by atoms with Crippen LogP contribution in [0.3, 0.4) is 0 Å². The Balaban J connectivity index is 2.19. The van der Waals surface area contributed by atoms with Crippen molar-refractivity contribution in [3.8, 4) is 17.2 Å². The minimum atomic E-state index is -3.97. The molecule has 0 amide bonds. The Kier molecular flexibility index (Phi) is 6.47. The molecular formula is C18H22O7S. The maximum atomic E-state index is 12.2. The van der Waals surface area contributed by atoms with Crippen molar-refractivity contribution < 1.29 is 31.9 Å². The molecule has 2 aromatic carbocycles. The van der Waals surface area contributed by atoms with Crippen molar-refractivity contribution in [1.82, 2.24) is 0 Å². The molecule has 2 aromatic rings. The van der Waals surface area contributed by atoms with Crippen molar-refractivity contribution in [1.29, 1.82) is 0 Å². The minimum Gasteiger partial charge on any atom is -0.493 e. The zero-order chi connectivity index (χ0) is 19.3. The van der Waals surface area contributed by atoms with Crippen LogP contribution in [0, 0.1) is 6.92 Å². The molecule has 2 rings (SSSR count). The Morgan fingerprint density at radius 1 is 0.962 bits per heavy atom. The van der Waals surface area contributed by atoms with E-state index in [0.29, 0.717) is 22.8 Å². The van der Waals surface area contributed by atoms with E-state index in [2.05, 4.69) is 0 Å². The second kappa shape index (κ2) is 8.39. The number of aliphatic hydroxyl groups is 1. The monoisotopic (exact) mass is 382 g/mol. The summed E-state index contributed by atoms with van der Waals surface area (Å²) in [6, 6.07) is 9.33. The molecule has 0 aliphatic rings. The summed E-state index contributed by atoms with van der Waals surface area (Å²) < 4.78 is 45.1. The first kappa shape index (κ1) is 20.0. The van der Waals surface area contributed by atoms with Gasteiger partial charge in [0.05, 0.1) is 32.8 Å². The van der Waals surface area contributed by atoms with E-state index >= 15 is 0 Å². The molecule has 8 heteroatoms. The van der Waals surface area contributed by atoms with Crippen molar-refractivity contribution >= 4 is 10.1 Å². The maximum Gasteiger partial charge on any atom is 0.297 e. The lowest BCUT2D eigenvalue weighted by Crippen LogP contribution is -2.14. The van der Waals surface area contributed by atoms with E-state index in [4.69, 9.17) is 18.4 Å². The summed E-state index contributed by atoms with van der Waals surface area (Å²) in [5.41, 5.74) is 1.31. The number of hydrogen-bond donors (Lipinski definition) is 1. The van der Waals surface area contributed by atoms with Gasteiger partial charge in [-0.3, -0.25) is 4.18 Å². The minimum absolute atomic E-state index is 0.0280. The Hall–Kier alpha value is -2.29. The number of aliphatic hydroxyl groups excluding tert-OH is 1. The van der Waals surface area contributed by atoms with Crippen molar-refractivity contribution in [2.24, 2.45) is 0 Å². The maximum absolute atomic E-state index is 12.2. The number of methoxy groups -OCH3 is 3. The molecule has 0 saturated heterocycles. The summed E-state index contributed by atoms with van der Waals surface area (Å²) >= 11 is 0. The number of aryl methyl sites for hydroxylation is 1. The van der Waals surface area contributed by atoms with Gasteiger partial charge in [-0.15, -0.1) is 0 Å². The number of ether oxygens (including phenoxy) is 3. The lowest BCUT2D eigenvalue weighted by molar-refractivity contribution is 0.111. The SMILES string of the molecule is COc1cc([C@H](O)COS(=O)(=O)c2ccc(C)cc2)cc(OC)c1OC. The first-order valence-corrected chi connectivity index (χ1v) is 9.17. The van der Waals surface area contributed by atoms with E-state index in [1.54, 1.807) is 12.1 Å². The van der Waals surface area contributed by atoms with Crippen LogP contribution in [0.2, 0.25) is 0 Å². The lowest BCUT2D eigenvalue weighted by atomic mass is 10.1. The van der Waals surface area contributed by atoms with Crippen molar-refractivity contribution in [2.75, 3.05) is 27.9 Å². The van der Waals surface area contributed by atoms with E-state index in [0.717, 1.165) is 5.56 Å². The molecule has 0 heterocycles. The van der Waals surface area contributed by atoms with E-state index in [1.807, 2.05) is 6.92 Å². The molecule has 0 unspecified atom stereocenters. The van der Waals surface area contributed by atoms with Crippen molar-refractivity contribution in [2.45, 2.75) is 17.9 Å². The van der Waals surface area contributed by atoms with Crippen LogP contribution in [0.25, 0.3) is 0 Å². The van der Waals surface area contributed by atoms with Crippen LogP contribution in [-0.4, -0.2) is 41.5 Å². The highest BCUT2D eigenvalue weighted by atomic mass is 32.2. The summed E-state index contributed by atoms with van der Waals surface area (Å²) in [6.07, 6.45) is -1.20. The standard InChI is InChI=1S/C18H22O7S/c1-12-5-7-14(8-6-12)26(20,21)25-11-15(19)13-9-16(22-2)18(24-4)17(10-13)23-3/h5-10,15,19H,11H2,1-4H3/t15-/m1/s1. The van der Waals surface area contributed by atoms with Gasteiger partial charge < -0.3 is 19.3 Å². The van der Waals surface area contributed by atoms with Crippen molar-refractivity contribution in [3.63, 3.8) is 0 Å². The largest absolute Gasteiger partial charge is 0.493 e. The number of hydrogen-bond acceptors (Lipinski definition) is 7. The molecule has 142 valence electrons. The molecule has 0 aromatic heterocycles. The predicted molar refractivity (Wildman–Crippen MR) is 95.4 cm³/mol. The fourth-order valence-electron chi connectivity index (χ4n) is 2.32. The normalized spacial score (nSPS) is 12.5. The molecule has 0 spiro atoms. The van der Waals surface area contributed by atoms with Gasteiger partial charge in [0.15, 0.2) is 11.5 Å². The Labute approximate surface area is 153 Å². The predicted octanol–water partition coefficient (Wildman–Crippen LogP) is 2.46. The third-order valence-electron chi connectivity index (χ3n) is 3.76. The van der Waals surface area contributed by atoms with Crippen molar-refractivity contribution in [3.05, 3.63) is 47.5 Å². The molecule has 0 radical (unpaired) electrons. The highest BCUT2D eigenvalue weighted by molar-refractivity contribution is 7.86. The van der Waals surface area contributed by atoms with Crippen LogP contribution >= 0.6 is 0 Å². The van der Waals surface area contributed by atoms with E-state index in [1.165, 1.54) is 45.6 Å².